The smallest absolute Gasteiger partial charge is 0.345 e. The number of carbonyl (C=O) groups is 1. The standard InChI is InChI=1S/C12H12N4O5/c1-3-20-12(17)9-4-5-13-11(10(9)16(18)19)21-8-6-14-15(2)7-8/h4-7H,3H2,1-2H3. The second-order valence-electron chi connectivity index (χ2n) is 3.94. The molecule has 0 bridgehead atoms. The number of hydrogen-bond donors (Lipinski definition) is 0. The number of hydrogen-bond acceptors (Lipinski definition) is 7. The van der Waals surface area contributed by atoms with Crippen LogP contribution < -0.4 is 4.74 Å². The molecule has 2 aromatic heterocycles. The van der Waals surface area contributed by atoms with Crippen molar-refractivity contribution in [2.24, 2.45) is 7.05 Å². The molecule has 0 saturated heterocycles. The highest BCUT2D eigenvalue weighted by atomic mass is 16.6. The van der Waals surface area contributed by atoms with Gasteiger partial charge < -0.3 is 9.47 Å². The fraction of sp³-hybridized carbons (Fsp3) is 0.250. The Morgan fingerprint density at radius 3 is 2.86 bits per heavy atom. The van der Waals surface area contributed by atoms with E-state index < -0.39 is 16.6 Å². The van der Waals surface area contributed by atoms with Crippen molar-refractivity contribution in [1.82, 2.24) is 14.8 Å². The van der Waals surface area contributed by atoms with Crippen LogP contribution in [0.15, 0.2) is 24.7 Å². The molecular formula is C12H12N4O5. The molecule has 0 aliphatic rings. The third-order valence-corrected chi connectivity index (χ3v) is 2.46. The lowest BCUT2D eigenvalue weighted by Crippen LogP contribution is -2.09. The Morgan fingerprint density at radius 1 is 1.52 bits per heavy atom. The van der Waals surface area contributed by atoms with E-state index in [1.54, 1.807) is 14.0 Å². The second kappa shape index (κ2) is 5.99. The van der Waals surface area contributed by atoms with Gasteiger partial charge in [-0.25, -0.2) is 9.78 Å². The summed E-state index contributed by atoms with van der Waals surface area (Å²) in [7, 11) is 1.67. The molecule has 0 aromatic carbocycles. The molecule has 9 heteroatoms. The fourth-order valence-corrected chi connectivity index (χ4v) is 1.62. The van der Waals surface area contributed by atoms with E-state index in [0.29, 0.717) is 0 Å². The molecular weight excluding hydrogens is 280 g/mol. The van der Waals surface area contributed by atoms with E-state index in [1.165, 1.54) is 29.3 Å². The number of nitrogens with zero attached hydrogens (tertiary/aromatic N) is 4. The molecule has 0 radical (unpaired) electrons. The summed E-state index contributed by atoms with van der Waals surface area (Å²) in [6.07, 6.45) is 4.13. The first-order chi connectivity index (χ1) is 10.0. The zero-order valence-electron chi connectivity index (χ0n) is 11.3. The predicted octanol–water partition coefficient (Wildman–Crippen LogP) is 1.69. The molecule has 0 amide bonds. The molecule has 9 nitrogen and oxygen atoms in total. The van der Waals surface area contributed by atoms with Gasteiger partial charge in [-0.3, -0.25) is 14.8 Å². The Hall–Kier alpha value is -2.97. The molecule has 0 atom stereocenters. The molecule has 0 aliphatic heterocycles. The Balaban J connectivity index is 2.43. The molecule has 0 unspecified atom stereocenters. The van der Waals surface area contributed by atoms with Gasteiger partial charge in [-0.05, 0) is 13.0 Å². The van der Waals surface area contributed by atoms with Crippen molar-refractivity contribution < 1.29 is 19.2 Å². The average Bonchev–Trinajstić information content (AvgIpc) is 2.84. The summed E-state index contributed by atoms with van der Waals surface area (Å²) in [6.45, 7) is 1.72. The molecule has 0 spiro atoms. The van der Waals surface area contributed by atoms with Crippen LogP contribution in [-0.4, -0.2) is 32.3 Å². The van der Waals surface area contributed by atoms with Gasteiger partial charge in [0, 0.05) is 13.2 Å². The van der Waals surface area contributed by atoms with Gasteiger partial charge >= 0.3 is 17.5 Å². The van der Waals surface area contributed by atoms with E-state index in [2.05, 4.69) is 10.1 Å². The van der Waals surface area contributed by atoms with Gasteiger partial charge in [0.2, 0.25) is 0 Å². The highest BCUT2D eigenvalue weighted by molar-refractivity contribution is 5.94. The molecule has 0 saturated carbocycles. The predicted molar refractivity (Wildman–Crippen MR) is 70.1 cm³/mol. The maximum absolute atomic E-state index is 11.8. The average molecular weight is 292 g/mol. The minimum atomic E-state index is -0.803. The topological polar surface area (TPSA) is 109 Å². The van der Waals surface area contributed by atoms with Gasteiger partial charge in [-0.2, -0.15) is 5.10 Å². The lowest BCUT2D eigenvalue weighted by atomic mass is 10.2. The first-order valence-electron chi connectivity index (χ1n) is 6.00. The molecule has 110 valence electrons. The first-order valence-corrected chi connectivity index (χ1v) is 6.00. The van der Waals surface area contributed by atoms with Gasteiger partial charge in [-0.1, -0.05) is 0 Å². The Labute approximate surface area is 119 Å². The molecule has 0 N–H and O–H groups in total. The quantitative estimate of drug-likeness (QED) is 0.468. The summed E-state index contributed by atoms with van der Waals surface area (Å²) < 4.78 is 11.6. The van der Waals surface area contributed by atoms with Gasteiger partial charge in [0.05, 0.1) is 23.9 Å². The normalized spacial score (nSPS) is 10.2. The molecule has 2 heterocycles. The maximum atomic E-state index is 11.8. The van der Waals surface area contributed by atoms with Crippen molar-refractivity contribution in [2.45, 2.75) is 6.92 Å². The first kappa shape index (κ1) is 14.4. The SMILES string of the molecule is CCOC(=O)c1ccnc(Oc2cnn(C)c2)c1[N+](=O)[O-]. The van der Waals surface area contributed by atoms with Crippen LogP contribution in [0.25, 0.3) is 0 Å². The minimum Gasteiger partial charge on any atom is -0.462 e. The van der Waals surface area contributed by atoms with Crippen LogP contribution in [-0.2, 0) is 11.8 Å². The van der Waals surface area contributed by atoms with Crippen LogP contribution in [0.1, 0.15) is 17.3 Å². The van der Waals surface area contributed by atoms with Gasteiger partial charge in [0.15, 0.2) is 5.75 Å². The van der Waals surface area contributed by atoms with Crippen molar-refractivity contribution in [1.29, 1.82) is 0 Å². The van der Waals surface area contributed by atoms with Gasteiger partial charge in [0.1, 0.15) is 5.56 Å². The highest BCUT2D eigenvalue weighted by Gasteiger charge is 2.28. The lowest BCUT2D eigenvalue weighted by Gasteiger charge is -2.06. The highest BCUT2D eigenvalue weighted by Crippen LogP contribution is 2.32. The van der Waals surface area contributed by atoms with Crippen LogP contribution in [0.3, 0.4) is 0 Å². The van der Waals surface area contributed by atoms with E-state index in [1.807, 2.05) is 0 Å². The van der Waals surface area contributed by atoms with Gasteiger partial charge in [0.25, 0.3) is 0 Å². The van der Waals surface area contributed by atoms with Crippen LogP contribution in [0, 0.1) is 10.1 Å². The number of aryl methyl sites for hydroxylation is 1. The largest absolute Gasteiger partial charge is 0.462 e. The van der Waals surface area contributed by atoms with Crippen molar-refractivity contribution in [3.05, 3.63) is 40.3 Å². The number of aromatic nitrogens is 3. The van der Waals surface area contributed by atoms with Crippen molar-refractivity contribution in [2.75, 3.05) is 6.61 Å². The van der Waals surface area contributed by atoms with E-state index in [4.69, 9.17) is 9.47 Å². The number of ether oxygens (including phenoxy) is 2. The summed E-state index contributed by atoms with van der Waals surface area (Å²) in [5, 5.41) is 15.1. The van der Waals surface area contributed by atoms with Crippen molar-refractivity contribution >= 4 is 11.7 Å². The summed E-state index contributed by atoms with van der Waals surface area (Å²) in [5.41, 5.74) is -0.754. The number of rotatable bonds is 5. The van der Waals surface area contributed by atoms with Crippen molar-refractivity contribution in [3.63, 3.8) is 0 Å². The molecule has 2 aromatic rings. The fourth-order valence-electron chi connectivity index (χ4n) is 1.62. The maximum Gasteiger partial charge on any atom is 0.345 e. The lowest BCUT2D eigenvalue weighted by molar-refractivity contribution is -0.386. The van der Waals surface area contributed by atoms with Crippen LogP contribution in [0.2, 0.25) is 0 Å². The Kier molecular flexibility index (Phi) is 4.12. The third kappa shape index (κ3) is 3.14. The summed E-state index contributed by atoms with van der Waals surface area (Å²) in [6, 6.07) is 1.21. The van der Waals surface area contributed by atoms with Crippen LogP contribution >= 0.6 is 0 Å². The zero-order valence-corrected chi connectivity index (χ0v) is 11.3. The molecule has 2 rings (SSSR count). The number of pyridine rings is 1. The summed E-state index contributed by atoms with van der Waals surface area (Å²) in [5.74, 6) is -0.824. The summed E-state index contributed by atoms with van der Waals surface area (Å²) in [4.78, 5) is 26.0. The Bertz CT molecular complexity index is 682. The van der Waals surface area contributed by atoms with Crippen LogP contribution in [0.5, 0.6) is 11.6 Å². The minimum absolute atomic E-state index is 0.108. The number of esters is 1. The number of carbonyl (C=O) groups excluding carboxylic acids is 1. The van der Waals surface area contributed by atoms with Crippen molar-refractivity contribution in [3.8, 4) is 11.6 Å². The zero-order chi connectivity index (χ0) is 15.4. The van der Waals surface area contributed by atoms with Crippen LogP contribution in [0.4, 0.5) is 5.69 Å². The summed E-state index contributed by atoms with van der Waals surface area (Å²) >= 11 is 0. The molecule has 0 fully saturated rings. The monoisotopic (exact) mass is 292 g/mol. The van der Waals surface area contributed by atoms with E-state index in [-0.39, 0.29) is 23.8 Å². The molecule has 21 heavy (non-hydrogen) atoms. The van der Waals surface area contributed by atoms with Gasteiger partial charge in [-0.15, -0.1) is 0 Å². The van der Waals surface area contributed by atoms with E-state index >= 15 is 0 Å². The number of nitro groups is 1. The molecule has 0 aliphatic carbocycles. The second-order valence-corrected chi connectivity index (χ2v) is 3.94. The van der Waals surface area contributed by atoms with E-state index in [0.717, 1.165) is 0 Å². The van der Waals surface area contributed by atoms with E-state index in [9.17, 15) is 14.9 Å². The third-order valence-electron chi connectivity index (χ3n) is 2.46. The Morgan fingerprint density at radius 2 is 2.29 bits per heavy atom.